The number of carboxylic acid groups (broad SMARTS) is 1. The van der Waals surface area contributed by atoms with Crippen LogP contribution in [-0.4, -0.2) is 54.6 Å². The summed E-state index contributed by atoms with van der Waals surface area (Å²) < 4.78 is 4.86. The number of carbonyl (C=O) groups excluding carboxylic acids is 1. The SMILES string of the molecule is COCCC(C)NC(=O)NCC[C@H](O)C(=O)O. The van der Waals surface area contributed by atoms with E-state index in [1.807, 2.05) is 6.92 Å². The van der Waals surface area contributed by atoms with Gasteiger partial charge in [0.25, 0.3) is 0 Å². The highest BCUT2D eigenvalue weighted by Gasteiger charge is 2.13. The second-order valence-corrected chi connectivity index (χ2v) is 3.73. The third-order valence-electron chi connectivity index (χ3n) is 2.12. The van der Waals surface area contributed by atoms with Gasteiger partial charge in [0.1, 0.15) is 0 Å². The van der Waals surface area contributed by atoms with Crippen LogP contribution in [-0.2, 0) is 9.53 Å². The molecule has 0 rings (SSSR count). The number of methoxy groups -OCH3 is 1. The molecule has 7 heteroatoms. The van der Waals surface area contributed by atoms with Gasteiger partial charge in [-0.15, -0.1) is 0 Å². The van der Waals surface area contributed by atoms with Gasteiger partial charge in [0.15, 0.2) is 6.10 Å². The Balaban J connectivity index is 3.62. The molecule has 0 radical (unpaired) electrons. The Labute approximate surface area is 100 Å². The van der Waals surface area contributed by atoms with Crippen molar-refractivity contribution in [2.24, 2.45) is 0 Å². The molecule has 0 fully saturated rings. The lowest BCUT2D eigenvalue weighted by molar-refractivity contribution is -0.146. The minimum Gasteiger partial charge on any atom is -0.479 e. The number of rotatable bonds is 8. The Hall–Kier alpha value is -1.34. The van der Waals surface area contributed by atoms with E-state index in [0.29, 0.717) is 13.0 Å². The lowest BCUT2D eigenvalue weighted by atomic mass is 10.2. The summed E-state index contributed by atoms with van der Waals surface area (Å²) in [6, 6.07) is -0.412. The third kappa shape index (κ3) is 8.47. The molecule has 0 aromatic carbocycles. The average Bonchev–Trinajstić information content (AvgIpc) is 2.25. The largest absolute Gasteiger partial charge is 0.479 e. The zero-order valence-corrected chi connectivity index (χ0v) is 10.1. The second-order valence-electron chi connectivity index (χ2n) is 3.73. The molecule has 17 heavy (non-hydrogen) atoms. The quantitative estimate of drug-likeness (QED) is 0.465. The first-order valence-corrected chi connectivity index (χ1v) is 5.41. The molecule has 0 saturated heterocycles. The second kappa shape index (κ2) is 8.77. The zero-order chi connectivity index (χ0) is 13.3. The Morgan fingerprint density at radius 3 is 2.53 bits per heavy atom. The predicted octanol–water partition coefficient (Wildman–Crippen LogP) is -0.454. The number of hydrogen-bond donors (Lipinski definition) is 4. The maximum Gasteiger partial charge on any atom is 0.332 e. The van der Waals surface area contributed by atoms with Crippen molar-refractivity contribution in [3.8, 4) is 0 Å². The molecule has 2 amide bonds. The molecule has 0 aliphatic rings. The molecule has 1 unspecified atom stereocenters. The van der Waals surface area contributed by atoms with Crippen molar-refractivity contribution in [1.82, 2.24) is 10.6 Å². The van der Waals surface area contributed by atoms with E-state index in [9.17, 15) is 9.59 Å². The maximum absolute atomic E-state index is 11.3. The topological polar surface area (TPSA) is 108 Å². The van der Waals surface area contributed by atoms with Crippen molar-refractivity contribution in [2.75, 3.05) is 20.3 Å². The van der Waals surface area contributed by atoms with Crippen LogP contribution in [0, 0.1) is 0 Å². The molecule has 0 spiro atoms. The van der Waals surface area contributed by atoms with Crippen LogP contribution in [0.3, 0.4) is 0 Å². The molecule has 2 atom stereocenters. The summed E-state index contributed by atoms with van der Waals surface area (Å²) in [5.41, 5.74) is 0. The minimum atomic E-state index is -1.44. The number of urea groups is 1. The molecule has 0 heterocycles. The number of aliphatic hydroxyl groups is 1. The number of aliphatic hydroxyl groups excluding tert-OH is 1. The fourth-order valence-electron chi connectivity index (χ4n) is 1.09. The van der Waals surface area contributed by atoms with Crippen molar-refractivity contribution in [3.05, 3.63) is 0 Å². The van der Waals surface area contributed by atoms with Crippen LogP contribution >= 0.6 is 0 Å². The van der Waals surface area contributed by atoms with Crippen LogP contribution in [0.2, 0.25) is 0 Å². The molecule has 0 aliphatic heterocycles. The Bertz CT molecular complexity index is 247. The number of carboxylic acids is 1. The summed E-state index contributed by atoms with van der Waals surface area (Å²) >= 11 is 0. The van der Waals surface area contributed by atoms with Gasteiger partial charge < -0.3 is 25.6 Å². The third-order valence-corrected chi connectivity index (χ3v) is 2.12. The highest BCUT2D eigenvalue weighted by atomic mass is 16.5. The van der Waals surface area contributed by atoms with E-state index in [-0.39, 0.29) is 25.0 Å². The molecule has 0 aromatic heterocycles. The highest BCUT2D eigenvalue weighted by Crippen LogP contribution is 1.92. The summed E-state index contributed by atoms with van der Waals surface area (Å²) in [7, 11) is 1.58. The summed E-state index contributed by atoms with van der Waals surface area (Å²) in [4.78, 5) is 21.6. The monoisotopic (exact) mass is 248 g/mol. The smallest absolute Gasteiger partial charge is 0.332 e. The van der Waals surface area contributed by atoms with Crippen molar-refractivity contribution < 1.29 is 24.5 Å². The lowest BCUT2D eigenvalue weighted by Crippen LogP contribution is -2.42. The number of carbonyl (C=O) groups is 2. The predicted molar refractivity (Wildman–Crippen MR) is 60.7 cm³/mol. The van der Waals surface area contributed by atoms with Gasteiger partial charge >= 0.3 is 12.0 Å². The Morgan fingerprint density at radius 1 is 1.35 bits per heavy atom. The molecule has 0 saturated carbocycles. The number of aliphatic carboxylic acids is 1. The van der Waals surface area contributed by atoms with Crippen molar-refractivity contribution >= 4 is 12.0 Å². The summed E-state index contributed by atoms with van der Waals surface area (Å²) in [6.45, 7) is 2.50. The van der Waals surface area contributed by atoms with Crippen LogP contribution in [0.5, 0.6) is 0 Å². The molecule has 100 valence electrons. The zero-order valence-electron chi connectivity index (χ0n) is 10.1. The first-order valence-electron chi connectivity index (χ1n) is 5.41. The van der Waals surface area contributed by atoms with Crippen molar-refractivity contribution in [3.63, 3.8) is 0 Å². The first-order chi connectivity index (χ1) is 7.97. The number of nitrogens with one attached hydrogen (secondary N) is 2. The van der Waals surface area contributed by atoms with Gasteiger partial charge in [-0.05, 0) is 13.3 Å². The van der Waals surface area contributed by atoms with Crippen LogP contribution < -0.4 is 10.6 Å². The normalized spacial score (nSPS) is 13.8. The molecule has 0 aliphatic carbocycles. The van der Waals surface area contributed by atoms with Crippen LogP contribution in [0.4, 0.5) is 4.79 Å². The maximum atomic E-state index is 11.3. The van der Waals surface area contributed by atoms with Gasteiger partial charge in [-0.2, -0.15) is 0 Å². The van der Waals surface area contributed by atoms with Gasteiger partial charge in [0.2, 0.25) is 0 Å². The van der Waals surface area contributed by atoms with E-state index in [2.05, 4.69) is 10.6 Å². The van der Waals surface area contributed by atoms with Gasteiger partial charge in [-0.1, -0.05) is 0 Å². The molecule has 0 bridgehead atoms. The Kier molecular flexibility index (Phi) is 8.08. The number of hydrogen-bond acceptors (Lipinski definition) is 4. The Morgan fingerprint density at radius 2 is 2.00 bits per heavy atom. The fraction of sp³-hybridized carbons (Fsp3) is 0.800. The van der Waals surface area contributed by atoms with E-state index >= 15 is 0 Å². The van der Waals surface area contributed by atoms with Gasteiger partial charge in [0, 0.05) is 32.7 Å². The molecular weight excluding hydrogens is 228 g/mol. The molecule has 7 nitrogen and oxygen atoms in total. The number of amides is 2. The van der Waals surface area contributed by atoms with Crippen LogP contribution in [0.25, 0.3) is 0 Å². The lowest BCUT2D eigenvalue weighted by Gasteiger charge is -2.14. The highest BCUT2D eigenvalue weighted by molar-refractivity contribution is 5.74. The van der Waals surface area contributed by atoms with E-state index in [0.717, 1.165) is 0 Å². The van der Waals surface area contributed by atoms with Crippen LogP contribution in [0.15, 0.2) is 0 Å². The number of ether oxygens (including phenoxy) is 1. The van der Waals surface area contributed by atoms with E-state index in [4.69, 9.17) is 14.9 Å². The van der Waals surface area contributed by atoms with Gasteiger partial charge in [-0.25, -0.2) is 9.59 Å². The van der Waals surface area contributed by atoms with E-state index in [1.54, 1.807) is 7.11 Å². The fourth-order valence-corrected chi connectivity index (χ4v) is 1.09. The summed E-state index contributed by atoms with van der Waals surface area (Å²) in [5.74, 6) is -1.29. The van der Waals surface area contributed by atoms with E-state index < -0.39 is 12.1 Å². The van der Waals surface area contributed by atoms with Crippen molar-refractivity contribution in [1.29, 1.82) is 0 Å². The van der Waals surface area contributed by atoms with Crippen molar-refractivity contribution in [2.45, 2.75) is 31.9 Å². The molecule has 0 aromatic rings. The standard InChI is InChI=1S/C10H20N2O5/c1-7(4-6-17-2)12-10(16)11-5-3-8(13)9(14)15/h7-8,13H,3-6H2,1-2H3,(H,14,15)(H2,11,12,16)/t7?,8-/m0/s1. The summed E-state index contributed by atoms with van der Waals surface area (Å²) in [6.07, 6.45) is -0.766. The van der Waals surface area contributed by atoms with Gasteiger partial charge in [0.05, 0.1) is 0 Å². The minimum absolute atomic E-state index is 0.0186. The van der Waals surface area contributed by atoms with E-state index in [1.165, 1.54) is 0 Å². The first kappa shape index (κ1) is 15.7. The molecule has 4 N–H and O–H groups in total. The molecular formula is C10H20N2O5. The van der Waals surface area contributed by atoms with Crippen LogP contribution in [0.1, 0.15) is 19.8 Å². The summed E-state index contributed by atoms with van der Waals surface area (Å²) in [5, 5.41) is 22.5. The average molecular weight is 248 g/mol. The van der Waals surface area contributed by atoms with Gasteiger partial charge in [-0.3, -0.25) is 0 Å².